The van der Waals surface area contributed by atoms with Gasteiger partial charge in [-0.25, -0.2) is 4.79 Å². The normalized spacial score (nSPS) is 12.7. The lowest BCUT2D eigenvalue weighted by molar-refractivity contribution is 0.631. The van der Waals surface area contributed by atoms with E-state index in [0.29, 0.717) is 0 Å². The predicted molar refractivity (Wildman–Crippen MR) is 80.9 cm³/mol. The lowest BCUT2D eigenvalue weighted by Crippen LogP contribution is -2.21. The SMILES string of the molecule is CCNC(c1ccccc1)c1ccc2[nH]c(=O)[nH]c2c1. The van der Waals surface area contributed by atoms with Crippen LogP contribution in [0.2, 0.25) is 0 Å². The molecule has 1 heterocycles. The van der Waals surface area contributed by atoms with E-state index in [1.807, 2.05) is 36.4 Å². The molecule has 3 rings (SSSR count). The van der Waals surface area contributed by atoms with E-state index in [0.717, 1.165) is 23.1 Å². The molecule has 0 aliphatic heterocycles. The molecule has 3 aromatic rings. The summed E-state index contributed by atoms with van der Waals surface area (Å²) in [6.45, 7) is 2.97. The molecule has 0 aliphatic rings. The van der Waals surface area contributed by atoms with Crippen LogP contribution in [0.4, 0.5) is 0 Å². The van der Waals surface area contributed by atoms with Crippen molar-refractivity contribution < 1.29 is 0 Å². The van der Waals surface area contributed by atoms with Gasteiger partial charge in [0.2, 0.25) is 0 Å². The summed E-state index contributed by atoms with van der Waals surface area (Å²) >= 11 is 0. The summed E-state index contributed by atoms with van der Waals surface area (Å²) < 4.78 is 0. The molecule has 0 aliphatic carbocycles. The molecule has 0 spiro atoms. The Hall–Kier alpha value is -2.33. The molecular formula is C16H17N3O. The van der Waals surface area contributed by atoms with Gasteiger partial charge in [-0.15, -0.1) is 0 Å². The second-order valence-corrected chi connectivity index (χ2v) is 4.79. The van der Waals surface area contributed by atoms with Gasteiger partial charge in [0.25, 0.3) is 0 Å². The largest absolute Gasteiger partial charge is 0.323 e. The number of rotatable bonds is 4. The maximum Gasteiger partial charge on any atom is 0.323 e. The first-order chi connectivity index (χ1) is 9.78. The molecule has 2 aromatic carbocycles. The summed E-state index contributed by atoms with van der Waals surface area (Å²) in [5.41, 5.74) is 3.86. The van der Waals surface area contributed by atoms with E-state index in [2.05, 4.69) is 34.3 Å². The van der Waals surface area contributed by atoms with Gasteiger partial charge in [0.1, 0.15) is 0 Å². The standard InChI is InChI=1S/C16H17N3O/c1-2-17-15(11-6-4-3-5-7-11)12-8-9-13-14(10-12)19-16(20)18-13/h3-10,15,17H,2H2,1H3,(H2,18,19,20). The first kappa shape index (κ1) is 12.7. The van der Waals surface area contributed by atoms with Crippen molar-refractivity contribution in [1.29, 1.82) is 0 Å². The Morgan fingerprint density at radius 3 is 2.50 bits per heavy atom. The molecule has 4 nitrogen and oxygen atoms in total. The van der Waals surface area contributed by atoms with E-state index in [9.17, 15) is 4.79 Å². The third-order valence-electron chi connectivity index (χ3n) is 3.41. The number of hydrogen-bond acceptors (Lipinski definition) is 2. The zero-order chi connectivity index (χ0) is 13.9. The molecule has 1 aromatic heterocycles. The highest BCUT2D eigenvalue weighted by molar-refractivity contribution is 5.75. The first-order valence-corrected chi connectivity index (χ1v) is 6.78. The highest BCUT2D eigenvalue weighted by Gasteiger charge is 2.13. The second-order valence-electron chi connectivity index (χ2n) is 4.79. The van der Waals surface area contributed by atoms with Crippen molar-refractivity contribution in [2.75, 3.05) is 6.54 Å². The average molecular weight is 267 g/mol. The highest BCUT2D eigenvalue weighted by Crippen LogP contribution is 2.23. The van der Waals surface area contributed by atoms with E-state index in [-0.39, 0.29) is 11.7 Å². The zero-order valence-corrected chi connectivity index (χ0v) is 11.3. The Balaban J connectivity index is 2.07. The van der Waals surface area contributed by atoms with Gasteiger partial charge >= 0.3 is 5.69 Å². The minimum Gasteiger partial charge on any atom is -0.307 e. The lowest BCUT2D eigenvalue weighted by atomic mass is 9.98. The van der Waals surface area contributed by atoms with Crippen LogP contribution < -0.4 is 11.0 Å². The summed E-state index contributed by atoms with van der Waals surface area (Å²) in [7, 11) is 0. The Bertz CT molecular complexity index is 758. The van der Waals surface area contributed by atoms with Crippen molar-refractivity contribution in [3.8, 4) is 0 Å². The van der Waals surface area contributed by atoms with Crippen LogP contribution in [0.15, 0.2) is 53.3 Å². The van der Waals surface area contributed by atoms with Crippen molar-refractivity contribution in [3.63, 3.8) is 0 Å². The van der Waals surface area contributed by atoms with Crippen LogP contribution in [-0.4, -0.2) is 16.5 Å². The molecule has 1 unspecified atom stereocenters. The van der Waals surface area contributed by atoms with Crippen molar-refractivity contribution in [3.05, 3.63) is 70.1 Å². The predicted octanol–water partition coefficient (Wildman–Crippen LogP) is 2.56. The van der Waals surface area contributed by atoms with Crippen molar-refractivity contribution >= 4 is 11.0 Å². The van der Waals surface area contributed by atoms with E-state index >= 15 is 0 Å². The zero-order valence-electron chi connectivity index (χ0n) is 11.3. The van der Waals surface area contributed by atoms with E-state index in [1.165, 1.54) is 5.56 Å². The minimum atomic E-state index is -0.170. The Morgan fingerprint density at radius 2 is 1.75 bits per heavy atom. The summed E-state index contributed by atoms with van der Waals surface area (Å²) in [5, 5.41) is 3.48. The van der Waals surface area contributed by atoms with Gasteiger partial charge < -0.3 is 15.3 Å². The molecule has 4 heteroatoms. The summed E-state index contributed by atoms with van der Waals surface area (Å²) in [6, 6.07) is 16.4. The number of aromatic amines is 2. The van der Waals surface area contributed by atoms with Gasteiger partial charge in [-0.05, 0) is 29.8 Å². The minimum absolute atomic E-state index is 0.129. The van der Waals surface area contributed by atoms with Gasteiger partial charge in [-0.3, -0.25) is 0 Å². The first-order valence-electron chi connectivity index (χ1n) is 6.78. The number of nitrogens with one attached hydrogen (secondary N) is 3. The van der Waals surface area contributed by atoms with Crippen LogP contribution in [0.1, 0.15) is 24.1 Å². The third kappa shape index (κ3) is 2.38. The van der Waals surface area contributed by atoms with Crippen LogP contribution in [0.5, 0.6) is 0 Å². The molecule has 0 radical (unpaired) electrons. The van der Waals surface area contributed by atoms with E-state index in [1.54, 1.807) is 0 Å². The Kier molecular flexibility index (Phi) is 3.39. The summed E-state index contributed by atoms with van der Waals surface area (Å²) in [4.78, 5) is 16.9. The quantitative estimate of drug-likeness (QED) is 0.680. The van der Waals surface area contributed by atoms with Gasteiger partial charge in [0.15, 0.2) is 0 Å². The molecule has 3 N–H and O–H groups in total. The number of H-pyrrole nitrogens is 2. The molecule has 102 valence electrons. The molecule has 0 fully saturated rings. The van der Waals surface area contributed by atoms with Crippen molar-refractivity contribution in [2.24, 2.45) is 0 Å². The van der Waals surface area contributed by atoms with Crippen LogP contribution in [0, 0.1) is 0 Å². The fraction of sp³-hybridized carbons (Fsp3) is 0.188. The second kappa shape index (κ2) is 5.35. The molecule has 1 atom stereocenters. The van der Waals surface area contributed by atoms with Crippen molar-refractivity contribution in [2.45, 2.75) is 13.0 Å². The third-order valence-corrected chi connectivity index (χ3v) is 3.41. The maximum atomic E-state index is 11.3. The highest BCUT2D eigenvalue weighted by atomic mass is 16.1. The van der Waals surface area contributed by atoms with Crippen LogP contribution >= 0.6 is 0 Å². The van der Waals surface area contributed by atoms with E-state index < -0.39 is 0 Å². The van der Waals surface area contributed by atoms with Crippen LogP contribution in [0.25, 0.3) is 11.0 Å². The van der Waals surface area contributed by atoms with Crippen LogP contribution in [0.3, 0.4) is 0 Å². The van der Waals surface area contributed by atoms with E-state index in [4.69, 9.17) is 0 Å². The fourth-order valence-corrected chi connectivity index (χ4v) is 2.51. The maximum absolute atomic E-state index is 11.3. The fourth-order valence-electron chi connectivity index (χ4n) is 2.51. The van der Waals surface area contributed by atoms with Gasteiger partial charge in [0, 0.05) is 0 Å². The monoisotopic (exact) mass is 267 g/mol. The number of aromatic nitrogens is 2. The van der Waals surface area contributed by atoms with Gasteiger partial charge in [0.05, 0.1) is 17.1 Å². The smallest absolute Gasteiger partial charge is 0.307 e. The van der Waals surface area contributed by atoms with Gasteiger partial charge in [-0.1, -0.05) is 43.3 Å². The number of benzene rings is 2. The van der Waals surface area contributed by atoms with Crippen LogP contribution in [-0.2, 0) is 0 Å². The number of imidazole rings is 1. The Morgan fingerprint density at radius 1 is 1.00 bits per heavy atom. The summed E-state index contributed by atoms with van der Waals surface area (Å²) in [5.74, 6) is 0. The number of fused-ring (bicyclic) bond motifs is 1. The van der Waals surface area contributed by atoms with Gasteiger partial charge in [-0.2, -0.15) is 0 Å². The van der Waals surface area contributed by atoms with Crippen molar-refractivity contribution in [1.82, 2.24) is 15.3 Å². The molecule has 0 saturated carbocycles. The topological polar surface area (TPSA) is 60.7 Å². The molecule has 0 bridgehead atoms. The molecule has 0 saturated heterocycles. The molecule has 20 heavy (non-hydrogen) atoms. The average Bonchev–Trinajstić information content (AvgIpc) is 2.84. The molecule has 0 amide bonds. The number of hydrogen-bond donors (Lipinski definition) is 3. The lowest BCUT2D eigenvalue weighted by Gasteiger charge is -2.19. The Labute approximate surface area is 116 Å². The summed E-state index contributed by atoms with van der Waals surface area (Å²) in [6.07, 6.45) is 0. The molecular weight excluding hydrogens is 250 g/mol.